The number of Topliss-reactive ketones (excluding diaryl/α,β-unsaturated/α-hetero) is 1. The first-order chi connectivity index (χ1) is 10.4. The highest BCUT2D eigenvalue weighted by Crippen LogP contribution is 2.33. The van der Waals surface area contributed by atoms with Gasteiger partial charge in [0.05, 0.1) is 4.92 Å². The van der Waals surface area contributed by atoms with E-state index in [1.165, 1.54) is 13.0 Å². The summed E-state index contributed by atoms with van der Waals surface area (Å²) in [5, 5.41) is 11.0. The minimum absolute atomic E-state index is 0.104. The third-order valence-electron chi connectivity index (χ3n) is 3.17. The van der Waals surface area contributed by atoms with Crippen molar-refractivity contribution in [2.75, 3.05) is 0 Å². The Morgan fingerprint density at radius 2 is 1.95 bits per heavy atom. The van der Waals surface area contributed by atoms with Crippen LogP contribution in [-0.4, -0.2) is 10.7 Å². The molecule has 0 saturated carbocycles. The molecule has 0 aliphatic heterocycles. The van der Waals surface area contributed by atoms with Crippen molar-refractivity contribution in [1.29, 1.82) is 0 Å². The van der Waals surface area contributed by atoms with Crippen LogP contribution < -0.4 is 4.74 Å². The molecule has 0 aromatic heterocycles. The van der Waals surface area contributed by atoms with E-state index >= 15 is 0 Å². The summed E-state index contributed by atoms with van der Waals surface area (Å²) in [6, 6.07) is 10.3. The van der Waals surface area contributed by atoms with Gasteiger partial charge < -0.3 is 4.74 Å². The smallest absolute Gasteiger partial charge is 0.286 e. The highest BCUT2D eigenvalue weighted by atomic mass is 19.1. The molecule has 2 aromatic carbocycles. The fourth-order valence-electron chi connectivity index (χ4n) is 2.15. The lowest BCUT2D eigenvalue weighted by molar-refractivity contribution is -0.385. The van der Waals surface area contributed by atoms with Gasteiger partial charge in [-0.1, -0.05) is 30.3 Å². The standard InChI is InChI=1S/C16H14FNO4/c1-10-8-13(22-9-12-6-4-3-5-7-12)15(17)14(11(2)19)16(10)18(20)21/h3-8H,9H2,1-2H3. The lowest BCUT2D eigenvalue weighted by Crippen LogP contribution is -2.08. The van der Waals surface area contributed by atoms with Gasteiger partial charge >= 0.3 is 0 Å². The molecule has 5 nitrogen and oxygen atoms in total. The van der Waals surface area contributed by atoms with Gasteiger partial charge in [0, 0.05) is 5.56 Å². The van der Waals surface area contributed by atoms with Crippen molar-refractivity contribution in [3.63, 3.8) is 0 Å². The van der Waals surface area contributed by atoms with Crippen molar-refractivity contribution < 1.29 is 18.8 Å². The van der Waals surface area contributed by atoms with Crippen molar-refractivity contribution in [3.8, 4) is 5.75 Å². The Labute approximate surface area is 126 Å². The van der Waals surface area contributed by atoms with Gasteiger partial charge in [0.2, 0.25) is 0 Å². The van der Waals surface area contributed by atoms with Gasteiger partial charge in [0.15, 0.2) is 17.3 Å². The number of nitro benzene ring substituents is 1. The Balaban J connectivity index is 2.41. The van der Waals surface area contributed by atoms with Gasteiger partial charge in [-0.2, -0.15) is 0 Å². The predicted octanol–water partition coefficient (Wildman–Crippen LogP) is 3.82. The van der Waals surface area contributed by atoms with Crippen LogP contribution in [0.1, 0.15) is 28.4 Å². The van der Waals surface area contributed by atoms with Crippen LogP contribution in [-0.2, 0) is 6.61 Å². The van der Waals surface area contributed by atoms with Gasteiger partial charge in [0.25, 0.3) is 5.69 Å². The third kappa shape index (κ3) is 3.11. The first-order valence-corrected chi connectivity index (χ1v) is 6.57. The van der Waals surface area contributed by atoms with E-state index in [9.17, 15) is 19.3 Å². The number of ether oxygens (including phenoxy) is 1. The molecule has 0 heterocycles. The maximum absolute atomic E-state index is 14.4. The molecule has 0 unspecified atom stereocenters. The van der Waals surface area contributed by atoms with E-state index in [2.05, 4.69) is 0 Å². The molecule has 114 valence electrons. The molecule has 0 saturated heterocycles. The number of nitrogens with zero attached hydrogens (tertiary/aromatic N) is 1. The molecule has 22 heavy (non-hydrogen) atoms. The topological polar surface area (TPSA) is 69.4 Å². The zero-order valence-corrected chi connectivity index (χ0v) is 12.1. The molecule has 0 bridgehead atoms. The molecule has 0 aliphatic rings. The molecule has 2 rings (SSSR count). The fraction of sp³-hybridized carbons (Fsp3) is 0.188. The molecular weight excluding hydrogens is 289 g/mol. The predicted molar refractivity (Wildman–Crippen MR) is 78.6 cm³/mol. The summed E-state index contributed by atoms with van der Waals surface area (Å²) in [6.07, 6.45) is 0. The molecule has 0 aliphatic carbocycles. The molecule has 0 amide bonds. The quantitative estimate of drug-likeness (QED) is 0.478. The average molecular weight is 303 g/mol. The minimum atomic E-state index is -0.999. The van der Waals surface area contributed by atoms with Crippen molar-refractivity contribution in [3.05, 3.63) is 69.0 Å². The summed E-state index contributed by atoms with van der Waals surface area (Å²) in [4.78, 5) is 21.9. The number of hydrogen-bond donors (Lipinski definition) is 0. The second kappa shape index (κ2) is 6.34. The second-order valence-corrected chi connectivity index (χ2v) is 4.82. The zero-order chi connectivity index (χ0) is 16.3. The number of benzene rings is 2. The maximum Gasteiger partial charge on any atom is 0.286 e. The van der Waals surface area contributed by atoms with Crippen LogP contribution in [0.2, 0.25) is 0 Å². The van der Waals surface area contributed by atoms with Crippen LogP contribution in [0.5, 0.6) is 5.75 Å². The number of hydrogen-bond acceptors (Lipinski definition) is 4. The van der Waals surface area contributed by atoms with E-state index in [0.717, 1.165) is 12.5 Å². The monoisotopic (exact) mass is 303 g/mol. The average Bonchev–Trinajstić information content (AvgIpc) is 2.47. The summed E-state index contributed by atoms with van der Waals surface area (Å²) in [5.74, 6) is -1.88. The second-order valence-electron chi connectivity index (χ2n) is 4.82. The number of ketones is 1. The van der Waals surface area contributed by atoms with E-state index in [1.807, 2.05) is 30.3 Å². The van der Waals surface area contributed by atoms with E-state index in [1.54, 1.807) is 0 Å². The first kappa shape index (κ1) is 15.6. The van der Waals surface area contributed by atoms with Crippen LogP contribution in [0.4, 0.5) is 10.1 Å². The van der Waals surface area contributed by atoms with Crippen LogP contribution in [0.15, 0.2) is 36.4 Å². The van der Waals surface area contributed by atoms with Gasteiger partial charge in [-0.25, -0.2) is 4.39 Å². The SMILES string of the molecule is CC(=O)c1c(F)c(OCc2ccccc2)cc(C)c1[N+](=O)[O-]. The molecular formula is C16H14FNO4. The first-order valence-electron chi connectivity index (χ1n) is 6.57. The lowest BCUT2D eigenvalue weighted by Gasteiger charge is -2.11. The highest BCUT2D eigenvalue weighted by Gasteiger charge is 2.28. The number of nitro groups is 1. The molecule has 2 aromatic rings. The van der Waals surface area contributed by atoms with Gasteiger partial charge in [-0.3, -0.25) is 14.9 Å². The normalized spacial score (nSPS) is 10.3. The Bertz CT molecular complexity index is 729. The molecule has 0 radical (unpaired) electrons. The molecule has 0 fully saturated rings. The third-order valence-corrected chi connectivity index (χ3v) is 3.17. The largest absolute Gasteiger partial charge is 0.486 e. The molecule has 0 N–H and O–H groups in total. The maximum atomic E-state index is 14.4. The van der Waals surface area contributed by atoms with Crippen LogP contribution >= 0.6 is 0 Å². The number of aryl methyl sites for hydroxylation is 1. The Morgan fingerprint density at radius 1 is 1.32 bits per heavy atom. The number of halogens is 1. The minimum Gasteiger partial charge on any atom is -0.486 e. The van der Waals surface area contributed by atoms with Crippen molar-refractivity contribution in [2.24, 2.45) is 0 Å². The van der Waals surface area contributed by atoms with E-state index in [-0.39, 0.29) is 17.9 Å². The van der Waals surface area contributed by atoms with Crippen LogP contribution in [0.25, 0.3) is 0 Å². The van der Waals surface area contributed by atoms with Gasteiger partial charge in [-0.05, 0) is 25.5 Å². The summed E-state index contributed by atoms with van der Waals surface area (Å²) in [5.41, 5.74) is -0.0629. The highest BCUT2D eigenvalue weighted by molar-refractivity contribution is 5.99. The Hall–Kier alpha value is -2.76. The molecule has 6 heteroatoms. The van der Waals surface area contributed by atoms with E-state index in [4.69, 9.17) is 4.74 Å². The van der Waals surface area contributed by atoms with E-state index < -0.39 is 27.8 Å². The Morgan fingerprint density at radius 3 is 2.50 bits per heavy atom. The lowest BCUT2D eigenvalue weighted by atomic mass is 10.0. The number of carbonyl (C=O) groups is 1. The fourth-order valence-corrected chi connectivity index (χ4v) is 2.15. The molecule has 0 spiro atoms. The number of carbonyl (C=O) groups excluding carboxylic acids is 1. The van der Waals surface area contributed by atoms with E-state index in [0.29, 0.717) is 0 Å². The summed E-state index contributed by atoms with van der Waals surface area (Å²) in [6.45, 7) is 2.64. The van der Waals surface area contributed by atoms with Gasteiger partial charge in [-0.15, -0.1) is 0 Å². The van der Waals surface area contributed by atoms with Gasteiger partial charge in [0.1, 0.15) is 12.2 Å². The van der Waals surface area contributed by atoms with Crippen LogP contribution in [0.3, 0.4) is 0 Å². The summed E-state index contributed by atoms with van der Waals surface area (Å²) < 4.78 is 19.8. The van der Waals surface area contributed by atoms with Crippen molar-refractivity contribution in [1.82, 2.24) is 0 Å². The summed E-state index contributed by atoms with van der Waals surface area (Å²) >= 11 is 0. The van der Waals surface area contributed by atoms with Crippen LogP contribution in [0, 0.1) is 22.9 Å². The Kier molecular flexibility index (Phi) is 4.50. The van der Waals surface area contributed by atoms with Crippen molar-refractivity contribution in [2.45, 2.75) is 20.5 Å². The molecule has 0 atom stereocenters. The zero-order valence-electron chi connectivity index (χ0n) is 12.1. The van der Waals surface area contributed by atoms with Crippen molar-refractivity contribution >= 4 is 11.5 Å². The number of rotatable bonds is 5. The summed E-state index contributed by atoms with van der Waals surface area (Å²) in [7, 11) is 0.